The number of aromatic nitrogens is 2. The third kappa shape index (κ3) is 3.39. The summed E-state index contributed by atoms with van der Waals surface area (Å²) < 4.78 is 6.42. The van der Waals surface area contributed by atoms with Gasteiger partial charge in [0.25, 0.3) is 5.56 Å². The molecular formula is C26H27N3O3. The fourth-order valence-electron chi connectivity index (χ4n) is 4.26. The van der Waals surface area contributed by atoms with Crippen LogP contribution in [0.15, 0.2) is 58.7 Å². The van der Waals surface area contributed by atoms with Crippen LogP contribution in [0.1, 0.15) is 46.6 Å². The molecule has 4 rings (SSSR count). The molecule has 32 heavy (non-hydrogen) atoms. The van der Waals surface area contributed by atoms with Crippen molar-refractivity contribution in [2.24, 2.45) is 0 Å². The maximum atomic E-state index is 13.1. The number of anilines is 1. The van der Waals surface area contributed by atoms with Gasteiger partial charge in [-0.25, -0.2) is 9.48 Å². The molecule has 1 aliphatic heterocycles. The summed E-state index contributed by atoms with van der Waals surface area (Å²) in [6.07, 6.45) is 1.75. The van der Waals surface area contributed by atoms with E-state index in [4.69, 9.17) is 4.74 Å². The highest BCUT2D eigenvalue weighted by Crippen LogP contribution is 2.46. The first kappa shape index (κ1) is 21.5. The zero-order chi connectivity index (χ0) is 23.2. The third-order valence-electron chi connectivity index (χ3n) is 6.14. The summed E-state index contributed by atoms with van der Waals surface area (Å²) >= 11 is 0. The van der Waals surface area contributed by atoms with Gasteiger partial charge in [0.2, 0.25) is 0 Å². The van der Waals surface area contributed by atoms with E-state index in [0.29, 0.717) is 11.1 Å². The molecule has 0 unspecified atom stereocenters. The van der Waals surface area contributed by atoms with Crippen molar-refractivity contribution in [2.75, 3.05) is 19.1 Å². The smallest absolute Gasteiger partial charge is 0.337 e. The zero-order valence-corrected chi connectivity index (χ0v) is 19.2. The summed E-state index contributed by atoms with van der Waals surface area (Å²) in [5.41, 5.74) is 9.55. The normalized spacial score (nSPS) is 14.2. The molecule has 6 heteroatoms. The van der Waals surface area contributed by atoms with Crippen molar-refractivity contribution in [3.8, 4) is 5.69 Å². The van der Waals surface area contributed by atoms with Gasteiger partial charge >= 0.3 is 5.97 Å². The lowest BCUT2D eigenvalue weighted by Crippen LogP contribution is -2.22. The Balaban J connectivity index is 1.79. The average molecular weight is 430 g/mol. The van der Waals surface area contributed by atoms with Crippen LogP contribution in [-0.4, -0.2) is 29.9 Å². The van der Waals surface area contributed by atoms with Gasteiger partial charge in [0, 0.05) is 23.8 Å². The topological polar surface area (TPSA) is 67.3 Å². The Kier molecular flexibility index (Phi) is 5.19. The Morgan fingerprint density at radius 1 is 1.12 bits per heavy atom. The monoisotopic (exact) mass is 429 g/mol. The number of hydrogen-bond acceptors (Lipinski definition) is 4. The second-order valence-electron chi connectivity index (χ2n) is 8.67. The number of rotatable bonds is 3. The van der Waals surface area contributed by atoms with Gasteiger partial charge in [0.1, 0.15) is 0 Å². The van der Waals surface area contributed by atoms with Gasteiger partial charge in [-0.2, -0.15) is 0 Å². The summed E-state index contributed by atoms with van der Waals surface area (Å²) in [7, 11) is 3.35. The minimum atomic E-state index is -0.398. The largest absolute Gasteiger partial charge is 0.465 e. The van der Waals surface area contributed by atoms with E-state index in [1.165, 1.54) is 7.11 Å². The number of nitrogens with zero attached hydrogens (tertiary/aromatic N) is 2. The number of ether oxygens (including phenoxy) is 1. The fourth-order valence-corrected chi connectivity index (χ4v) is 4.26. The average Bonchev–Trinajstić information content (AvgIpc) is 3.16. The number of carbonyl (C=O) groups excluding carboxylic acids is 1. The SMILES string of the molecule is COC(=O)c1ccc2c(c1)C(C)(C)C(=C=Cc1c(C)[nH]n(-c3ccc(C)cc3)c1=O)N2C. The lowest BCUT2D eigenvalue weighted by atomic mass is 9.83. The van der Waals surface area contributed by atoms with Gasteiger partial charge in [-0.3, -0.25) is 9.89 Å². The molecule has 1 aromatic heterocycles. The second-order valence-corrected chi connectivity index (χ2v) is 8.67. The van der Waals surface area contributed by atoms with Gasteiger partial charge in [-0.1, -0.05) is 23.4 Å². The molecular weight excluding hydrogens is 402 g/mol. The molecule has 1 N–H and O–H groups in total. The number of allylic oxidation sites excluding steroid dienone is 1. The summed E-state index contributed by atoms with van der Waals surface area (Å²) in [4.78, 5) is 27.1. The maximum absolute atomic E-state index is 13.1. The molecule has 0 atom stereocenters. The number of hydrogen-bond donors (Lipinski definition) is 1. The number of aryl methyl sites for hydroxylation is 2. The number of benzene rings is 2. The molecule has 2 aromatic carbocycles. The van der Waals surface area contributed by atoms with Gasteiger partial charge < -0.3 is 9.64 Å². The lowest BCUT2D eigenvalue weighted by Gasteiger charge is -2.21. The molecule has 0 radical (unpaired) electrons. The first-order valence-electron chi connectivity index (χ1n) is 10.5. The molecule has 1 aliphatic rings. The number of fused-ring (bicyclic) bond motifs is 1. The molecule has 0 amide bonds. The van der Waals surface area contributed by atoms with Crippen molar-refractivity contribution in [3.05, 3.63) is 92.2 Å². The van der Waals surface area contributed by atoms with E-state index >= 15 is 0 Å². The van der Waals surface area contributed by atoms with Crippen LogP contribution in [-0.2, 0) is 10.2 Å². The first-order valence-corrected chi connectivity index (χ1v) is 10.5. The molecule has 0 aliphatic carbocycles. The molecule has 0 fully saturated rings. The van der Waals surface area contributed by atoms with Crippen molar-refractivity contribution in [2.45, 2.75) is 33.1 Å². The fraction of sp³-hybridized carbons (Fsp3) is 0.269. The molecule has 3 aromatic rings. The zero-order valence-electron chi connectivity index (χ0n) is 19.2. The van der Waals surface area contributed by atoms with Crippen LogP contribution in [0.4, 0.5) is 5.69 Å². The van der Waals surface area contributed by atoms with E-state index in [2.05, 4.69) is 24.7 Å². The standard InChI is InChI=1S/C26H27N3O3/c1-16-7-10-19(11-8-16)29-24(30)20(17(2)27-29)12-14-23-26(3,4)21-15-18(25(31)32-6)9-13-22(21)28(23)5/h7-13,15,27H,1-6H3. The maximum Gasteiger partial charge on any atom is 0.337 e. The number of likely N-dealkylation sites (N-methyl/N-ethyl adjacent to an activating group) is 1. The number of carbonyl (C=O) groups is 1. The van der Waals surface area contributed by atoms with Gasteiger partial charge in [0.15, 0.2) is 0 Å². The Hall–Kier alpha value is -3.76. The van der Waals surface area contributed by atoms with E-state index in [9.17, 15) is 9.59 Å². The Bertz CT molecular complexity index is 1330. The van der Waals surface area contributed by atoms with Crippen molar-refractivity contribution in [1.82, 2.24) is 9.78 Å². The summed E-state index contributed by atoms with van der Waals surface area (Å²) in [6, 6.07) is 13.4. The van der Waals surface area contributed by atoms with Crippen LogP contribution >= 0.6 is 0 Å². The van der Waals surface area contributed by atoms with Crippen LogP contribution in [0, 0.1) is 13.8 Å². The number of esters is 1. The highest BCUT2D eigenvalue weighted by molar-refractivity contribution is 5.91. The third-order valence-corrected chi connectivity index (χ3v) is 6.14. The highest BCUT2D eigenvalue weighted by Gasteiger charge is 2.39. The molecule has 0 saturated carbocycles. The van der Waals surface area contributed by atoms with E-state index in [-0.39, 0.29) is 11.5 Å². The van der Waals surface area contributed by atoms with Crippen molar-refractivity contribution < 1.29 is 9.53 Å². The van der Waals surface area contributed by atoms with E-state index < -0.39 is 5.41 Å². The number of nitrogens with one attached hydrogen (secondary N) is 1. The summed E-state index contributed by atoms with van der Waals surface area (Å²) in [5.74, 6) is -0.362. The van der Waals surface area contributed by atoms with E-state index in [0.717, 1.165) is 33.9 Å². The van der Waals surface area contributed by atoms with Crippen LogP contribution in [0.2, 0.25) is 0 Å². The molecule has 164 valence electrons. The predicted molar refractivity (Wildman–Crippen MR) is 127 cm³/mol. The van der Waals surface area contributed by atoms with E-state index in [1.54, 1.807) is 16.8 Å². The van der Waals surface area contributed by atoms with Gasteiger partial charge in [0.05, 0.1) is 29.6 Å². The molecule has 0 bridgehead atoms. The minimum absolute atomic E-state index is 0.122. The number of aromatic amines is 1. The number of methoxy groups -OCH3 is 1. The highest BCUT2D eigenvalue weighted by atomic mass is 16.5. The Morgan fingerprint density at radius 3 is 2.47 bits per heavy atom. The van der Waals surface area contributed by atoms with Crippen molar-refractivity contribution in [3.63, 3.8) is 0 Å². The van der Waals surface area contributed by atoms with Crippen LogP contribution in [0.25, 0.3) is 11.8 Å². The summed E-state index contributed by atoms with van der Waals surface area (Å²) in [6.45, 7) is 8.06. The molecule has 0 spiro atoms. The summed E-state index contributed by atoms with van der Waals surface area (Å²) in [5, 5.41) is 3.16. The molecule has 6 nitrogen and oxygen atoms in total. The Labute approximate surface area is 187 Å². The Morgan fingerprint density at radius 2 is 1.81 bits per heavy atom. The predicted octanol–water partition coefficient (Wildman–Crippen LogP) is 4.49. The molecule has 0 saturated heterocycles. The minimum Gasteiger partial charge on any atom is -0.465 e. The van der Waals surface area contributed by atoms with Crippen molar-refractivity contribution in [1.29, 1.82) is 0 Å². The molecule has 2 heterocycles. The second kappa shape index (κ2) is 7.74. The quantitative estimate of drug-likeness (QED) is 0.492. The van der Waals surface area contributed by atoms with Crippen molar-refractivity contribution >= 4 is 17.7 Å². The number of H-pyrrole nitrogens is 1. The van der Waals surface area contributed by atoms with E-state index in [1.807, 2.05) is 62.2 Å². The van der Waals surface area contributed by atoms with Crippen LogP contribution in [0.3, 0.4) is 0 Å². The van der Waals surface area contributed by atoms with Crippen LogP contribution < -0.4 is 10.5 Å². The van der Waals surface area contributed by atoms with Crippen LogP contribution in [0.5, 0.6) is 0 Å². The van der Waals surface area contributed by atoms with Gasteiger partial charge in [-0.05, 0) is 69.7 Å². The lowest BCUT2D eigenvalue weighted by molar-refractivity contribution is 0.0600. The van der Waals surface area contributed by atoms with Gasteiger partial charge in [-0.15, -0.1) is 0 Å². The first-order chi connectivity index (χ1) is 15.1.